The van der Waals surface area contributed by atoms with Gasteiger partial charge in [-0.3, -0.25) is 24.1 Å². The zero-order valence-corrected chi connectivity index (χ0v) is 21.8. The number of hydrogen-bond acceptors (Lipinski definition) is 9. The second kappa shape index (κ2) is 12.8. The molecule has 0 saturated carbocycles. The zero-order valence-electron chi connectivity index (χ0n) is 20.9. The molecule has 2 aromatic rings. The molecule has 196 valence electrons. The van der Waals surface area contributed by atoms with Crippen LogP contribution < -0.4 is 19.5 Å². The highest BCUT2D eigenvalue weighted by molar-refractivity contribution is 8.18. The van der Waals surface area contributed by atoms with Crippen molar-refractivity contribution in [2.45, 2.75) is 13.8 Å². The van der Waals surface area contributed by atoms with Gasteiger partial charge in [0.25, 0.3) is 17.1 Å². The molecule has 11 heteroatoms. The van der Waals surface area contributed by atoms with E-state index in [1.54, 1.807) is 42.5 Å². The number of ether oxygens (including phenoxy) is 4. The minimum absolute atomic E-state index is 0.141. The number of carbonyl (C=O) groups excluding carboxylic acids is 4. The molecule has 10 nitrogen and oxygen atoms in total. The fraction of sp³-hybridized carbons (Fsp3) is 0.308. The lowest BCUT2D eigenvalue weighted by Crippen LogP contribution is -2.34. The average Bonchev–Trinajstić information content (AvgIpc) is 3.14. The Labute approximate surface area is 218 Å². The largest absolute Gasteiger partial charge is 0.495 e. The summed E-state index contributed by atoms with van der Waals surface area (Å²) in [5, 5.41) is 2.17. The average molecular weight is 529 g/mol. The van der Waals surface area contributed by atoms with E-state index in [1.807, 2.05) is 13.8 Å². The molecule has 3 rings (SSSR count). The van der Waals surface area contributed by atoms with Crippen molar-refractivity contribution in [1.29, 1.82) is 0 Å². The van der Waals surface area contributed by atoms with Crippen molar-refractivity contribution in [3.05, 3.63) is 52.9 Å². The van der Waals surface area contributed by atoms with Gasteiger partial charge in [-0.15, -0.1) is 0 Å². The first-order valence-corrected chi connectivity index (χ1v) is 12.2. The number of esters is 1. The third kappa shape index (κ3) is 7.50. The normalized spacial score (nSPS) is 14.2. The quantitative estimate of drug-likeness (QED) is 0.341. The number of nitrogens with zero attached hydrogens (tertiary/aromatic N) is 1. The van der Waals surface area contributed by atoms with Crippen molar-refractivity contribution < 1.29 is 38.1 Å². The molecule has 1 N–H and O–H groups in total. The number of hydrogen-bond donors (Lipinski definition) is 1. The molecule has 1 fully saturated rings. The molecule has 3 amide bonds. The molecule has 2 aromatic carbocycles. The van der Waals surface area contributed by atoms with Crippen LogP contribution in [0.2, 0.25) is 0 Å². The first kappa shape index (κ1) is 27.6. The number of anilines is 1. The molecule has 0 radical (unpaired) electrons. The van der Waals surface area contributed by atoms with Crippen molar-refractivity contribution in [2.24, 2.45) is 5.92 Å². The van der Waals surface area contributed by atoms with Crippen LogP contribution in [0.25, 0.3) is 6.08 Å². The summed E-state index contributed by atoms with van der Waals surface area (Å²) in [4.78, 5) is 50.3. The smallest absolute Gasteiger partial charge is 0.326 e. The van der Waals surface area contributed by atoms with Crippen LogP contribution in [0.5, 0.6) is 17.2 Å². The maximum Gasteiger partial charge on any atom is 0.326 e. The van der Waals surface area contributed by atoms with Crippen LogP contribution in [-0.2, 0) is 19.1 Å². The van der Waals surface area contributed by atoms with Crippen LogP contribution in [0, 0.1) is 5.92 Å². The van der Waals surface area contributed by atoms with Gasteiger partial charge >= 0.3 is 5.97 Å². The molecule has 1 saturated heterocycles. The molecular weight excluding hydrogens is 500 g/mol. The molecule has 0 aliphatic carbocycles. The predicted molar refractivity (Wildman–Crippen MR) is 139 cm³/mol. The van der Waals surface area contributed by atoms with Crippen LogP contribution in [-0.4, -0.2) is 61.9 Å². The summed E-state index contributed by atoms with van der Waals surface area (Å²) in [5.41, 5.74) is 1.08. The fourth-order valence-corrected chi connectivity index (χ4v) is 4.03. The van der Waals surface area contributed by atoms with Gasteiger partial charge in [0.15, 0.2) is 18.1 Å². The Morgan fingerprint density at radius 1 is 1.03 bits per heavy atom. The molecule has 1 aliphatic heterocycles. The van der Waals surface area contributed by atoms with E-state index in [0.717, 1.165) is 16.7 Å². The van der Waals surface area contributed by atoms with E-state index >= 15 is 0 Å². The maximum atomic E-state index is 12.7. The number of para-hydroxylation sites is 2. The number of benzene rings is 2. The number of nitrogens with one attached hydrogen (secondary N) is 1. The Kier molecular flexibility index (Phi) is 9.56. The Morgan fingerprint density at radius 2 is 1.76 bits per heavy atom. The summed E-state index contributed by atoms with van der Waals surface area (Å²) in [6.07, 6.45) is 1.52. The van der Waals surface area contributed by atoms with Gasteiger partial charge in [-0.25, -0.2) is 0 Å². The third-order valence-electron chi connectivity index (χ3n) is 4.96. The zero-order chi connectivity index (χ0) is 26.9. The van der Waals surface area contributed by atoms with Gasteiger partial charge in [0.05, 0.1) is 31.4 Å². The van der Waals surface area contributed by atoms with Crippen LogP contribution in [0.15, 0.2) is 47.4 Å². The van der Waals surface area contributed by atoms with E-state index in [0.29, 0.717) is 28.5 Å². The summed E-state index contributed by atoms with van der Waals surface area (Å²) < 4.78 is 21.3. The number of imide groups is 1. The van der Waals surface area contributed by atoms with Crippen molar-refractivity contribution >= 4 is 46.5 Å². The molecule has 1 aliphatic rings. The Hall–Kier alpha value is -3.99. The van der Waals surface area contributed by atoms with E-state index in [-0.39, 0.29) is 24.0 Å². The van der Waals surface area contributed by atoms with E-state index in [9.17, 15) is 19.2 Å². The van der Waals surface area contributed by atoms with Crippen LogP contribution in [0.1, 0.15) is 19.4 Å². The second-order valence-corrected chi connectivity index (χ2v) is 9.29. The van der Waals surface area contributed by atoms with E-state index in [1.165, 1.54) is 20.3 Å². The highest BCUT2D eigenvalue weighted by Crippen LogP contribution is 2.34. The van der Waals surface area contributed by atoms with Gasteiger partial charge in [0.2, 0.25) is 0 Å². The highest BCUT2D eigenvalue weighted by atomic mass is 32.2. The number of thioether (sulfide) groups is 1. The first-order valence-electron chi connectivity index (χ1n) is 11.4. The minimum atomic E-state index is -0.643. The lowest BCUT2D eigenvalue weighted by atomic mass is 10.2. The van der Waals surface area contributed by atoms with Crippen molar-refractivity contribution in [3.63, 3.8) is 0 Å². The summed E-state index contributed by atoms with van der Waals surface area (Å²) in [6, 6.07) is 11.9. The fourth-order valence-electron chi connectivity index (χ4n) is 3.19. The molecule has 0 atom stereocenters. The van der Waals surface area contributed by atoms with Gasteiger partial charge in [-0.05, 0) is 53.6 Å². The number of amides is 3. The van der Waals surface area contributed by atoms with Gasteiger partial charge in [-0.2, -0.15) is 0 Å². The SMILES string of the molecule is COc1ccccc1NC(=O)COc1ccc(/C=C2\SC(=O)N(CC(=O)OCC(C)C)C2=O)cc1OC. The van der Waals surface area contributed by atoms with Crippen LogP contribution >= 0.6 is 11.8 Å². The van der Waals surface area contributed by atoms with Gasteiger partial charge < -0.3 is 24.3 Å². The van der Waals surface area contributed by atoms with Gasteiger partial charge in [0, 0.05) is 0 Å². The molecule has 0 spiro atoms. The maximum absolute atomic E-state index is 12.7. The lowest BCUT2D eigenvalue weighted by Gasteiger charge is -2.13. The lowest BCUT2D eigenvalue weighted by molar-refractivity contribution is -0.147. The Bertz CT molecular complexity index is 1210. The number of methoxy groups -OCH3 is 2. The van der Waals surface area contributed by atoms with Crippen molar-refractivity contribution in [3.8, 4) is 17.2 Å². The van der Waals surface area contributed by atoms with Crippen molar-refractivity contribution in [2.75, 3.05) is 39.3 Å². The van der Waals surface area contributed by atoms with E-state index in [4.69, 9.17) is 18.9 Å². The first-order chi connectivity index (χ1) is 17.7. The van der Waals surface area contributed by atoms with Crippen LogP contribution in [0.3, 0.4) is 0 Å². The van der Waals surface area contributed by atoms with Crippen LogP contribution in [0.4, 0.5) is 10.5 Å². The molecule has 1 heterocycles. The predicted octanol–water partition coefficient (Wildman–Crippen LogP) is 3.96. The Morgan fingerprint density at radius 3 is 2.46 bits per heavy atom. The Balaban J connectivity index is 1.64. The molecular formula is C26H28N2O8S. The molecule has 0 aromatic heterocycles. The standard InChI is InChI=1S/C26H28N2O8S/c1-16(2)14-36-24(30)13-28-25(31)22(37-26(28)32)12-17-9-10-20(21(11-17)34-4)35-15-23(29)27-18-7-5-6-8-19(18)33-3/h5-12,16H,13-15H2,1-4H3,(H,27,29)/b22-12-. The second-order valence-electron chi connectivity index (χ2n) is 8.29. The molecule has 0 unspecified atom stereocenters. The summed E-state index contributed by atoms with van der Waals surface area (Å²) in [7, 11) is 2.95. The van der Waals surface area contributed by atoms with Crippen molar-refractivity contribution in [1.82, 2.24) is 4.90 Å². The summed E-state index contributed by atoms with van der Waals surface area (Å²) in [6.45, 7) is 3.26. The number of carbonyl (C=O) groups is 4. The molecule has 37 heavy (non-hydrogen) atoms. The third-order valence-corrected chi connectivity index (χ3v) is 5.87. The number of rotatable bonds is 11. The van der Waals surface area contributed by atoms with E-state index in [2.05, 4.69) is 5.32 Å². The highest BCUT2D eigenvalue weighted by Gasteiger charge is 2.36. The van der Waals surface area contributed by atoms with Gasteiger partial charge in [0.1, 0.15) is 12.3 Å². The van der Waals surface area contributed by atoms with Gasteiger partial charge in [-0.1, -0.05) is 32.0 Å². The van der Waals surface area contributed by atoms with E-state index < -0.39 is 29.6 Å². The summed E-state index contributed by atoms with van der Waals surface area (Å²) in [5.74, 6) is -0.307. The monoisotopic (exact) mass is 528 g/mol. The minimum Gasteiger partial charge on any atom is -0.495 e. The summed E-state index contributed by atoms with van der Waals surface area (Å²) >= 11 is 0.734. The topological polar surface area (TPSA) is 120 Å². The molecule has 0 bridgehead atoms.